The summed E-state index contributed by atoms with van der Waals surface area (Å²) in [5, 5.41) is 11.0. The standard InChI is InChI=1S/C20H20N4O3/c1-23(2)17(25)11-13-3-5-14(6-4-13)24-10-8-20(27)18(26)15-7-9-21-12-16(15)22-19(20)24/h3-7,9,12,27H,8,10-11H2,1-2H3. The SMILES string of the molecule is CN(C)C(=O)Cc1ccc(N2CCC3(O)C(=O)c4ccncc4N=C23)cc1. The van der Waals surface area contributed by atoms with Gasteiger partial charge in [0.25, 0.3) is 0 Å². The van der Waals surface area contributed by atoms with Gasteiger partial charge in [-0.05, 0) is 23.8 Å². The smallest absolute Gasteiger partial charge is 0.226 e. The summed E-state index contributed by atoms with van der Waals surface area (Å²) in [7, 11) is 3.46. The lowest BCUT2D eigenvalue weighted by atomic mass is 9.88. The van der Waals surface area contributed by atoms with E-state index < -0.39 is 5.60 Å². The second-order valence-electron chi connectivity index (χ2n) is 7.05. The monoisotopic (exact) mass is 364 g/mol. The van der Waals surface area contributed by atoms with Crippen molar-refractivity contribution in [2.45, 2.75) is 18.4 Å². The minimum Gasteiger partial charge on any atom is -0.374 e. The Morgan fingerprint density at radius 1 is 1.26 bits per heavy atom. The number of rotatable bonds is 3. The first kappa shape index (κ1) is 17.4. The summed E-state index contributed by atoms with van der Waals surface area (Å²) < 4.78 is 0. The number of hydrogen-bond acceptors (Lipinski definition) is 6. The van der Waals surface area contributed by atoms with Gasteiger partial charge in [0.2, 0.25) is 11.7 Å². The Morgan fingerprint density at radius 2 is 2.00 bits per heavy atom. The Balaban J connectivity index is 1.65. The van der Waals surface area contributed by atoms with Crippen LogP contribution in [0.5, 0.6) is 0 Å². The van der Waals surface area contributed by atoms with E-state index in [2.05, 4.69) is 9.98 Å². The highest BCUT2D eigenvalue weighted by Crippen LogP contribution is 2.38. The van der Waals surface area contributed by atoms with Crippen molar-refractivity contribution >= 4 is 28.9 Å². The van der Waals surface area contributed by atoms with Crippen LogP contribution in [0.25, 0.3) is 0 Å². The van der Waals surface area contributed by atoms with E-state index in [-0.39, 0.29) is 18.1 Å². The van der Waals surface area contributed by atoms with Crippen LogP contribution in [0.1, 0.15) is 22.3 Å². The normalized spacial score (nSPS) is 20.8. The molecule has 138 valence electrons. The Hall–Kier alpha value is -3.06. The summed E-state index contributed by atoms with van der Waals surface area (Å²) in [6.07, 6.45) is 3.68. The summed E-state index contributed by atoms with van der Waals surface area (Å²) in [6.45, 7) is 0.485. The Labute approximate surface area is 157 Å². The number of aliphatic imine (C=N–C) groups is 1. The maximum atomic E-state index is 12.8. The molecule has 1 N–H and O–H groups in total. The predicted octanol–water partition coefficient (Wildman–Crippen LogP) is 1.58. The van der Waals surface area contributed by atoms with Crippen LogP contribution in [0.4, 0.5) is 11.4 Å². The van der Waals surface area contributed by atoms with Crippen molar-refractivity contribution < 1.29 is 14.7 Å². The number of fused-ring (bicyclic) bond motifs is 2. The highest BCUT2D eigenvalue weighted by molar-refractivity contribution is 6.28. The Kier molecular flexibility index (Phi) is 4.04. The average molecular weight is 364 g/mol. The second-order valence-corrected chi connectivity index (χ2v) is 7.05. The lowest BCUT2D eigenvalue weighted by molar-refractivity contribution is -0.127. The maximum Gasteiger partial charge on any atom is 0.226 e. The van der Waals surface area contributed by atoms with E-state index in [1.165, 1.54) is 12.4 Å². The fourth-order valence-electron chi connectivity index (χ4n) is 3.46. The van der Waals surface area contributed by atoms with Crippen LogP contribution >= 0.6 is 0 Å². The van der Waals surface area contributed by atoms with Gasteiger partial charge in [-0.1, -0.05) is 12.1 Å². The van der Waals surface area contributed by atoms with Crippen molar-refractivity contribution in [3.8, 4) is 0 Å². The zero-order chi connectivity index (χ0) is 19.2. The van der Waals surface area contributed by atoms with Gasteiger partial charge in [-0.3, -0.25) is 14.6 Å². The largest absolute Gasteiger partial charge is 0.374 e. The number of Topliss-reactive ketones (excluding diaryl/α,β-unsaturated/α-hetero) is 1. The third kappa shape index (κ3) is 2.80. The molecule has 1 aromatic heterocycles. The van der Waals surface area contributed by atoms with Crippen LogP contribution in [0.3, 0.4) is 0 Å². The molecule has 2 aliphatic rings. The molecule has 0 spiro atoms. The maximum absolute atomic E-state index is 12.8. The van der Waals surface area contributed by atoms with E-state index in [1.54, 1.807) is 25.1 Å². The molecule has 27 heavy (non-hydrogen) atoms. The zero-order valence-electron chi connectivity index (χ0n) is 15.2. The number of aromatic nitrogens is 1. The summed E-state index contributed by atoms with van der Waals surface area (Å²) in [5.41, 5.74) is 1.00. The number of amides is 1. The molecule has 4 rings (SSSR count). The van der Waals surface area contributed by atoms with Crippen LogP contribution in [0.15, 0.2) is 47.7 Å². The van der Waals surface area contributed by atoms with Gasteiger partial charge in [-0.2, -0.15) is 0 Å². The number of pyridine rings is 1. The predicted molar refractivity (Wildman–Crippen MR) is 101 cm³/mol. The Morgan fingerprint density at radius 3 is 2.70 bits per heavy atom. The molecule has 0 aliphatic carbocycles. The molecule has 1 fully saturated rings. The van der Waals surface area contributed by atoms with Gasteiger partial charge in [0.15, 0.2) is 5.60 Å². The summed E-state index contributed by atoms with van der Waals surface area (Å²) >= 11 is 0. The van der Waals surface area contributed by atoms with Crippen molar-refractivity contribution in [2.75, 3.05) is 25.5 Å². The van der Waals surface area contributed by atoms with Gasteiger partial charge in [0.1, 0.15) is 5.84 Å². The second kappa shape index (κ2) is 6.28. The molecule has 0 bridgehead atoms. The molecule has 2 aliphatic heterocycles. The van der Waals surface area contributed by atoms with Crippen LogP contribution in [-0.2, 0) is 11.2 Å². The third-order valence-corrected chi connectivity index (χ3v) is 5.07. The topological polar surface area (TPSA) is 86.1 Å². The number of nitrogens with zero attached hydrogens (tertiary/aromatic N) is 4. The van der Waals surface area contributed by atoms with E-state index in [9.17, 15) is 14.7 Å². The number of aliphatic hydroxyl groups is 1. The number of amidine groups is 1. The van der Waals surface area contributed by atoms with E-state index >= 15 is 0 Å². The van der Waals surface area contributed by atoms with Crippen LogP contribution in [0, 0.1) is 0 Å². The minimum absolute atomic E-state index is 0.0321. The number of carbonyl (C=O) groups excluding carboxylic acids is 2. The number of benzene rings is 1. The number of anilines is 1. The van der Waals surface area contributed by atoms with Gasteiger partial charge < -0.3 is 14.9 Å². The quantitative estimate of drug-likeness (QED) is 0.894. The molecule has 1 atom stereocenters. The zero-order valence-corrected chi connectivity index (χ0v) is 15.2. The molecule has 2 aromatic rings. The van der Waals surface area contributed by atoms with Gasteiger partial charge in [0.05, 0.1) is 23.9 Å². The van der Waals surface area contributed by atoms with Gasteiger partial charge >= 0.3 is 0 Å². The first-order valence-corrected chi connectivity index (χ1v) is 8.77. The van der Waals surface area contributed by atoms with Crippen molar-refractivity contribution in [2.24, 2.45) is 4.99 Å². The van der Waals surface area contributed by atoms with E-state index in [0.717, 1.165) is 11.3 Å². The molecule has 1 amide bonds. The summed E-state index contributed by atoms with van der Waals surface area (Å²) in [4.78, 5) is 36.6. The average Bonchev–Trinajstić information content (AvgIpc) is 3.00. The van der Waals surface area contributed by atoms with E-state index in [1.807, 2.05) is 29.2 Å². The summed E-state index contributed by atoms with van der Waals surface area (Å²) in [6, 6.07) is 9.13. The highest BCUT2D eigenvalue weighted by Gasteiger charge is 2.52. The molecule has 1 unspecified atom stereocenters. The first-order chi connectivity index (χ1) is 12.9. The molecule has 0 saturated carbocycles. The fourth-order valence-corrected chi connectivity index (χ4v) is 3.46. The number of hydrogen-bond donors (Lipinski definition) is 1. The van der Waals surface area contributed by atoms with Crippen molar-refractivity contribution in [1.82, 2.24) is 9.88 Å². The van der Waals surface area contributed by atoms with Crippen molar-refractivity contribution in [3.05, 3.63) is 53.9 Å². The molecular weight excluding hydrogens is 344 g/mol. The van der Waals surface area contributed by atoms with Gasteiger partial charge in [-0.15, -0.1) is 0 Å². The molecule has 3 heterocycles. The van der Waals surface area contributed by atoms with Crippen LogP contribution < -0.4 is 4.90 Å². The Bertz CT molecular complexity index is 952. The highest BCUT2D eigenvalue weighted by atomic mass is 16.3. The number of likely N-dealkylation sites (N-methyl/N-ethyl adjacent to an activating group) is 1. The molecule has 7 heteroatoms. The van der Waals surface area contributed by atoms with E-state index in [4.69, 9.17) is 0 Å². The lowest BCUT2D eigenvalue weighted by Gasteiger charge is -2.29. The fraction of sp³-hybridized carbons (Fsp3) is 0.300. The minimum atomic E-state index is -1.60. The summed E-state index contributed by atoms with van der Waals surface area (Å²) in [5.74, 6) is 0.0374. The number of carbonyl (C=O) groups is 2. The molecule has 0 radical (unpaired) electrons. The molecule has 7 nitrogen and oxygen atoms in total. The number of ketones is 1. The van der Waals surface area contributed by atoms with E-state index in [0.29, 0.717) is 30.1 Å². The van der Waals surface area contributed by atoms with Crippen molar-refractivity contribution in [3.63, 3.8) is 0 Å². The third-order valence-electron chi connectivity index (χ3n) is 5.07. The lowest BCUT2D eigenvalue weighted by Crippen LogP contribution is -2.48. The van der Waals surface area contributed by atoms with Gasteiger partial charge in [-0.25, -0.2) is 4.99 Å². The van der Waals surface area contributed by atoms with Crippen molar-refractivity contribution in [1.29, 1.82) is 0 Å². The molecule has 1 saturated heterocycles. The first-order valence-electron chi connectivity index (χ1n) is 8.77. The van der Waals surface area contributed by atoms with Gasteiger partial charge in [0, 0.05) is 38.9 Å². The van der Waals surface area contributed by atoms with Crippen LogP contribution in [-0.4, -0.2) is 58.8 Å². The van der Waals surface area contributed by atoms with Crippen LogP contribution in [0.2, 0.25) is 0 Å². The molecular formula is C20H20N4O3. The molecule has 1 aromatic carbocycles.